The Morgan fingerprint density at radius 2 is 2.09 bits per heavy atom. The smallest absolute Gasteiger partial charge is 0.162 e. The van der Waals surface area contributed by atoms with Crippen LogP contribution in [-0.4, -0.2) is 12.4 Å². The first kappa shape index (κ1) is 8.31. The maximum atomic E-state index is 11.0. The molecule has 2 heteroatoms. The second-order valence-electron chi connectivity index (χ2n) is 3.82. The molecule has 0 aromatic heterocycles. The molecule has 1 aliphatic heterocycles. The minimum absolute atomic E-state index is 0.0317. The molecule has 1 rings (SSSR count). The lowest BCUT2D eigenvalue weighted by Gasteiger charge is -2.25. The molecule has 0 aliphatic carbocycles. The Balaban J connectivity index is 2.79. The highest BCUT2D eigenvalue weighted by molar-refractivity contribution is 5.90. The minimum Gasteiger partial charge on any atom is -0.497 e. The van der Waals surface area contributed by atoms with Crippen molar-refractivity contribution in [2.75, 3.05) is 6.61 Å². The van der Waals surface area contributed by atoms with Gasteiger partial charge in [-0.3, -0.25) is 4.79 Å². The molecule has 0 aromatic carbocycles. The quantitative estimate of drug-likeness (QED) is 0.532. The van der Waals surface area contributed by atoms with E-state index < -0.39 is 0 Å². The van der Waals surface area contributed by atoms with E-state index in [2.05, 4.69) is 0 Å². The van der Waals surface area contributed by atoms with Crippen molar-refractivity contribution in [1.82, 2.24) is 0 Å². The number of carbonyl (C=O) groups excluding carboxylic acids is 1. The van der Waals surface area contributed by atoms with Crippen molar-refractivity contribution < 1.29 is 9.53 Å². The van der Waals surface area contributed by atoms with Gasteiger partial charge < -0.3 is 4.74 Å². The number of carbonyl (C=O) groups is 1. The molecule has 0 radical (unpaired) electrons. The van der Waals surface area contributed by atoms with Crippen molar-refractivity contribution >= 4 is 5.78 Å². The molecule has 2 nitrogen and oxygen atoms in total. The highest BCUT2D eigenvalue weighted by Crippen LogP contribution is 2.28. The molecule has 11 heavy (non-hydrogen) atoms. The van der Waals surface area contributed by atoms with Crippen molar-refractivity contribution in [3.63, 3.8) is 0 Å². The van der Waals surface area contributed by atoms with Gasteiger partial charge in [-0.25, -0.2) is 0 Å². The predicted octanol–water partition coefficient (Wildman–Crippen LogP) is 1.91. The summed E-state index contributed by atoms with van der Waals surface area (Å²) in [5.74, 6) is 0.995. The van der Waals surface area contributed by atoms with Gasteiger partial charge in [0.25, 0.3) is 0 Å². The van der Waals surface area contributed by atoms with Crippen molar-refractivity contribution in [3.8, 4) is 0 Å². The normalized spacial score (nSPS) is 19.2. The number of ketones is 1. The van der Waals surface area contributed by atoms with Crippen LogP contribution in [0.1, 0.15) is 27.2 Å². The topological polar surface area (TPSA) is 26.3 Å². The second kappa shape index (κ2) is 2.68. The molecule has 0 N–H and O–H groups in total. The largest absolute Gasteiger partial charge is 0.497 e. The van der Waals surface area contributed by atoms with Crippen molar-refractivity contribution in [1.29, 1.82) is 0 Å². The molecule has 1 aliphatic rings. The van der Waals surface area contributed by atoms with Crippen LogP contribution in [0, 0.1) is 5.41 Å². The Labute approximate surface area is 67.2 Å². The van der Waals surface area contributed by atoms with Gasteiger partial charge in [-0.15, -0.1) is 0 Å². The van der Waals surface area contributed by atoms with Gasteiger partial charge in [-0.2, -0.15) is 0 Å². The summed E-state index contributed by atoms with van der Waals surface area (Å²) in [5.41, 5.74) is -0.0317. The summed E-state index contributed by atoms with van der Waals surface area (Å²) in [6.07, 6.45) is 2.14. The lowest BCUT2D eigenvalue weighted by molar-refractivity contribution is -0.117. The van der Waals surface area contributed by atoms with Crippen LogP contribution >= 0.6 is 0 Å². The van der Waals surface area contributed by atoms with E-state index in [4.69, 9.17) is 4.74 Å². The molecular formula is C9H14O2. The molecule has 0 atom stereocenters. The SMILES string of the molecule is CC(C)(C)C1=CC(=O)CCO1. The Morgan fingerprint density at radius 3 is 2.45 bits per heavy atom. The maximum Gasteiger partial charge on any atom is 0.162 e. The van der Waals surface area contributed by atoms with Gasteiger partial charge >= 0.3 is 0 Å². The molecule has 0 unspecified atom stereocenters. The van der Waals surface area contributed by atoms with Gasteiger partial charge in [0.15, 0.2) is 5.78 Å². The zero-order valence-corrected chi connectivity index (χ0v) is 7.31. The molecule has 0 spiro atoms. The van der Waals surface area contributed by atoms with Crippen LogP contribution in [0.5, 0.6) is 0 Å². The van der Waals surface area contributed by atoms with E-state index >= 15 is 0 Å². The van der Waals surface area contributed by atoms with E-state index in [1.807, 2.05) is 20.8 Å². The van der Waals surface area contributed by atoms with Crippen molar-refractivity contribution in [2.24, 2.45) is 5.41 Å². The molecule has 0 saturated heterocycles. The van der Waals surface area contributed by atoms with Gasteiger partial charge in [0, 0.05) is 17.9 Å². The van der Waals surface area contributed by atoms with Gasteiger partial charge in [0.2, 0.25) is 0 Å². The van der Waals surface area contributed by atoms with Gasteiger partial charge in [-0.1, -0.05) is 20.8 Å². The number of ether oxygens (including phenoxy) is 1. The summed E-state index contributed by atoms with van der Waals surface area (Å²) in [5, 5.41) is 0. The number of hydrogen-bond donors (Lipinski definition) is 0. The average molecular weight is 154 g/mol. The van der Waals surface area contributed by atoms with Crippen LogP contribution in [0.25, 0.3) is 0 Å². The lowest BCUT2D eigenvalue weighted by Crippen LogP contribution is -2.19. The highest BCUT2D eigenvalue weighted by Gasteiger charge is 2.22. The van der Waals surface area contributed by atoms with Gasteiger partial charge in [0.1, 0.15) is 5.76 Å². The van der Waals surface area contributed by atoms with E-state index in [1.54, 1.807) is 6.08 Å². The van der Waals surface area contributed by atoms with E-state index in [1.165, 1.54) is 0 Å². The third-order valence-corrected chi connectivity index (χ3v) is 1.64. The van der Waals surface area contributed by atoms with Crippen LogP contribution < -0.4 is 0 Å². The summed E-state index contributed by atoms with van der Waals surface area (Å²) in [6, 6.07) is 0. The zero-order chi connectivity index (χ0) is 8.48. The molecule has 0 bridgehead atoms. The molecule has 62 valence electrons. The molecule has 0 saturated carbocycles. The van der Waals surface area contributed by atoms with Crippen molar-refractivity contribution in [3.05, 3.63) is 11.8 Å². The molecule has 1 heterocycles. The standard InChI is InChI=1S/C9H14O2/c1-9(2,3)8-6-7(10)4-5-11-8/h6H,4-5H2,1-3H3. The Kier molecular flexibility index (Phi) is 2.03. The fourth-order valence-corrected chi connectivity index (χ4v) is 0.955. The summed E-state index contributed by atoms with van der Waals surface area (Å²) < 4.78 is 5.35. The predicted molar refractivity (Wildman–Crippen MR) is 43.1 cm³/mol. The van der Waals surface area contributed by atoms with Gasteiger partial charge in [-0.05, 0) is 0 Å². The fraction of sp³-hybridized carbons (Fsp3) is 0.667. The van der Waals surface area contributed by atoms with E-state index in [0.717, 1.165) is 5.76 Å². The highest BCUT2D eigenvalue weighted by atomic mass is 16.5. The summed E-state index contributed by atoms with van der Waals surface area (Å²) in [6.45, 7) is 6.66. The third kappa shape index (κ3) is 2.07. The first-order valence-corrected chi connectivity index (χ1v) is 3.88. The summed E-state index contributed by atoms with van der Waals surface area (Å²) >= 11 is 0. The van der Waals surface area contributed by atoms with E-state index in [9.17, 15) is 4.79 Å². The minimum atomic E-state index is -0.0317. The summed E-state index contributed by atoms with van der Waals surface area (Å²) in [7, 11) is 0. The second-order valence-corrected chi connectivity index (χ2v) is 3.82. The van der Waals surface area contributed by atoms with E-state index in [-0.39, 0.29) is 11.2 Å². The number of allylic oxidation sites excluding steroid dienone is 2. The van der Waals surface area contributed by atoms with Crippen LogP contribution in [0.2, 0.25) is 0 Å². The third-order valence-electron chi connectivity index (χ3n) is 1.64. The Bertz CT molecular complexity index is 196. The fourth-order valence-electron chi connectivity index (χ4n) is 0.955. The molecule has 0 amide bonds. The molecule has 0 aromatic rings. The van der Waals surface area contributed by atoms with Crippen LogP contribution in [0.3, 0.4) is 0 Å². The van der Waals surface area contributed by atoms with Crippen LogP contribution in [0.4, 0.5) is 0 Å². The molecular weight excluding hydrogens is 140 g/mol. The summed E-state index contributed by atoms with van der Waals surface area (Å²) in [4.78, 5) is 11.0. The monoisotopic (exact) mass is 154 g/mol. The van der Waals surface area contributed by atoms with Crippen molar-refractivity contribution in [2.45, 2.75) is 27.2 Å². The molecule has 0 fully saturated rings. The lowest BCUT2D eigenvalue weighted by atomic mass is 9.92. The Morgan fingerprint density at radius 1 is 1.45 bits per heavy atom. The van der Waals surface area contributed by atoms with Gasteiger partial charge in [0.05, 0.1) is 6.61 Å². The zero-order valence-electron chi connectivity index (χ0n) is 7.31. The average Bonchev–Trinajstić information content (AvgIpc) is 1.86. The first-order chi connectivity index (χ1) is 5.00. The van der Waals surface area contributed by atoms with Crippen LogP contribution in [0.15, 0.2) is 11.8 Å². The van der Waals surface area contributed by atoms with Crippen LogP contribution in [-0.2, 0) is 9.53 Å². The number of rotatable bonds is 0. The first-order valence-electron chi connectivity index (χ1n) is 3.88. The maximum absolute atomic E-state index is 11.0. The number of hydrogen-bond acceptors (Lipinski definition) is 2. The van der Waals surface area contributed by atoms with E-state index in [0.29, 0.717) is 13.0 Å². The Hall–Kier alpha value is -0.790.